The Morgan fingerprint density at radius 1 is 1.16 bits per heavy atom. The predicted molar refractivity (Wildman–Crippen MR) is 81.3 cm³/mol. The first-order chi connectivity index (χ1) is 9.29. The molecule has 0 radical (unpaired) electrons. The summed E-state index contributed by atoms with van der Waals surface area (Å²) in [6.45, 7) is 1.69. The van der Waals surface area contributed by atoms with E-state index < -0.39 is 0 Å². The van der Waals surface area contributed by atoms with Crippen LogP contribution in [0, 0.1) is 0 Å². The van der Waals surface area contributed by atoms with Crippen LogP contribution in [0.4, 0.5) is 11.4 Å². The topological polar surface area (TPSA) is 29.3 Å². The van der Waals surface area contributed by atoms with Crippen LogP contribution in [-0.4, -0.2) is 13.1 Å². The first kappa shape index (κ1) is 12.5. The molecule has 3 heteroatoms. The lowest BCUT2D eigenvalue weighted by Gasteiger charge is -2.20. The van der Waals surface area contributed by atoms with Crippen molar-refractivity contribution in [1.82, 2.24) is 0 Å². The van der Waals surface area contributed by atoms with Gasteiger partial charge in [-0.2, -0.15) is 0 Å². The lowest BCUT2D eigenvalue weighted by Crippen LogP contribution is -2.17. The first-order valence-corrected chi connectivity index (χ1v) is 6.99. The molecule has 0 bridgehead atoms. The van der Waals surface area contributed by atoms with E-state index in [4.69, 9.17) is 17.3 Å². The third-order valence-electron chi connectivity index (χ3n) is 3.71. The van der Waals surface area contributed by atoms with Gasteiger partial charge in [0.25, 0.3) is 0 Å². The summed E-state index contributed by atoms with van der Waals surface area (Å²) in [7, 11) is 0. The van der Waals surface area contributed by atoms with Crippen LogP contribution in [0.5, 0.6) is 0 Å². The van der Waals surface area contributed by atoms with Crippen molar-refractivity contribution in [2.24, 2.45) is 5.73 Å². The number of hydrogen-bond donors (Lipinski definition) is 1. The number of rotatable bonds is 3. The second kappa shape index (κ2) is 5.24. The molecule has 2 nitrogen and oxygen atoms in total. The third kappa shape index (κ3) is 2.34. The Balaban J connectivity index is 2.02. The van der Waals surface area contributed by atoms with E-state index in [0.717, 1.165) is 18.0 Å². The maximum Gasteiger partial charge on any atom is 0.0448 e. The van der Waals surface area contributed by atoms with Crippen LogP contribution in [0.3, 0.4) is 0 Å². The fraction of sp³-hybridized carbons (Fsp3) is 0.250. The van der Waals surface area contributed by atoms with E-state index in [2.05, 4.69) is 41.3 Å². The highest BCUT2D eigenvalue weighted by atomic mass is 35.5. The van der Waals surface area contributed by atoms with Crippen molar-refractivity contribution >= 4 is 23.0 Å². The zero-order chi connectivity index (χ0) is 13.2. The van der Waals surface area contributed by atoms with Crippen molar-refractivity contribution in [3.8, 4) is 0 Å². The Kier molecular flexibility index (Phi) is 3.45. The largest absolute Gasteiger partial charge is 0.341 e. The molecule has 1 heterocycles. The van der Waals surface area contributed by atoms with Crippen LogP contribution < -0.4 is 10.6 Å². The third-order valence-corrected chi connectivity index (χ3v) is 3.94. The van der Waals surface area contributed by atoms with E-state index in [9.17, 15) is 0 Å². The summed E-state index contributed by atoms with van der Waals surface area (Å²) in [6.07, 6.45) is 0.997. The van der Waals surface area contributed by atoms with Crippen molar-refractivity contribution in [1.29, 1.82) is 0 Å². The lowest BCUT2D eigenvalue weighted by molar-refractivity contribution is 0.669. The van der Waals surface area contributed by atoms with Gasteiger partial charge in [-0.05, 0) is 48.9 Å². The summed E-state index contributed by atoms with van der Waals surface area (Å²) in [6, 6.07) is 16.6. The number of nitrogens with zero attached hydrogens (tertiary/aromatic N) is 1. The van der Waals surface area contributed by atoms with Gasteiger partial charge in [-0.3, -0.25) is 0 Å². The molecule has 0 aliphatic carbocycles. The minimum absolute atomic E-state index is 0.471. The summed E-state index contributed by atoms with van der Waals surface area (Å²) >= 11 is 6.13. The molecule has 1 atom stereocenters. The van der Waals surface area contributed by atoms with E-state index >= 15 is 0 Å². The van der Waals surface area contributed by atoms with E-state index in [1.54, 1.807) is 0 Å². The first-order valence-electron chi connectivity index (χ1n) is 6.61. The molecule has 0 fully saturated rings. The van der Waals surface area contributed by atoms with Crippen LogP contribution >= 0.6 is 11.6 Å². The summed E-state index contributed by atoms with van der Waals surface area (Å²) in [4.78, 5) is 2.35. The number of para-hydroxylation sites is 1. The number of benzene rings is 2. The molecule has 2 N–H and O–H groups in total. The molecule has 1 aliphatic heterocycles. The maximum atomic E-state index is 6.13. The van der Waals surface area contributed by atoms with Gasteiger partial charge in [0.15, 0.2) is 0 Å². The van der Waals surface area contributed by atoms with Crippen LogP contribution in [0.2, 0.25) is 5.02 Å². The number of hydrogen-bond acceptors (Lipinski definition) is 2. The normalized spacial score (nSPS) is 17.6. The van der Waals surface area contributed by atoms with Crippen LogP contribution in [0.15, 0.2) is 48.5 Å². The quantitative estimate of drug-likeness (QED) is 0.917. The van der Waals surface area contributed by atoms with Crippen molar-refractivity contribution in [3.63, 3.8) is 0 Å². The van der Waals surface area contributed by atoms with Gasteiger partial charge in [0.1, 0.15) is 0 Å². The highest BCUT2D eigenvalue weighted by molar-refractivity contribution is 6.30. The molecule has 0 aromatic heterocycles. The molecule has 0 saturated carbocycles. The molecule has 0 saturated heterocycles. The fourth-order valence-corrected chi connectivity index (χ4v) is 3.00. The average molecular weight is 273 g/mol. The summed E-state index contributed by atoms with van der Waals surface area (Å²) in [5.74, 6) is 0.471. The van der Waals surface area contributed by atoms with Gasteiger partial charge in [-0.15, -0.1) is 0 Å². The second-order valence-corrected chi connectivity index (χ2v) is 5.36. The Morgan fingerprint density at radius 3 is 2.68 bits per heavy atom. The van der Waals surface area contributed by atoms with Crippen LogP contribution in [0.25, 0.3) is 0 Å². The van der Waals surface area contributed by atoms with Crippen molar-refractivity contribution < 1.29 is 0 Å². The molecule has 0 amide bonds. The summed E-state index contributed by atoms with van der Waals surface area (Å²) < 4.78 is 0. The number of fused-ring (bicyclic) bond motifs is 1. The molecule has 19 heavy (non-hydrogen) atoms. The molecule has 98 valence electrons. The highest BCUT2D eigenvalue weighted by Crippen LogP contribution is 2.43. The van der Waals surface area contributed by atoms with Gasteiger partial charge in [-0.1, -0.05) is 29.8 Å². The molecule has 1 unspecified atom stereocenters. The smallest absolute Gasteiger partial charge is 0.0448 e. The van der Waals surface area contributed by atoms with Crippen molar-refractivity contribution in [2.75, 3.05) is 18.0 Å². The van der Waals surface area contributed by atoms with Gasteiger partial charge in [0, 0.05) is 28.9 Å². The molecule has 1 aliphatic rings. The molecule has 2 aromatic rings. The van der Waals surface area contributed by atoms with Crippen LogP contribution in [0.1, 0.15) is 17.9 Å². The van der Waals surface area contributed by atoms with E-state index in [1.807, 2.05) is 12.1 Å². The molecule has 2 aromatic carbocycles. The fourth-order valence-electron chi connectivity index (χ4n) is 2.82. The number of nitrogens with two attached hydrogens (primary N) is 1. The zero-order valence-electron chi connectivity index (χ0n) is 10.7. The van der Waals surface area contributed by atoms with Crippen LogP contribution in [-0.2, 0) is 0 Å². The van der Waals surface area contributed by atoms with Gasteiger partial charge in [0.05, 0.1) is 0 Å². The van der Waals surface area contributed by atoms with Crippen molar-refractivity contribution in [2.45, 2.75) is 12.3 Å². The minimum atomic E-state index is 0.471. The van der Waals surface area contributed by atoms with E-state index in [0.29, 0.717) is 12.5 Å². The van der Waals surface area contributed by atoms with Gasteiger partial charge in [0.2, 0.25) is 0 Å². The summed E-state index contributed by atoms with van der Waals surface area (Å²) in [5.41, 5.74) is 9.54. The molecule has 0 spiro atoms. The molecule has 3 rings (SSSR count). The molecular weight excluding hydrogens is 256 g/mol. The monoisotopic (exact) mass is 272 g/mol. The lowest BCUT2D eigenvalue weighted by atomic mass is 9.98. The summed E-state index contributed by atoms with van der Waals surface area (Å²) in [5, 5.41) is 0.802. The Morgan fingerprint density at radius 2 is 1.95 bits per heavy atom. The number of anilines is 2. The number of halogens is 1. The Hall–Kier alpha value is -1.51. The average Bonchev–Trinajstić information content (AvgIpc) is 2.79. The van der Waals surface area contributed by atoms with Gasteiger partial charge < -0.3 is 10.6 Å². The zero-order valence-corrected chi connectivity index (χ0v) is 11.5. The van der Waals surface area contributed by atoms with E-state index in [1.165, 1.54) is 16.9 Å². The SMILES string of the molecule is NCCC1CN(c2ccccc2)c2ccc(Cl)cc21. The van der Waals surface area contributed by atoms with Gasteiger partial charge >= 0.3 is 0 Å². The van der Waals surface area contributed by atoms with E-state index in [-0.39, 0.29) is 0 Å². The predicted octanol–water partition coefficient (Wildman–Crippen LogP) is 3.92. The van der Waals surface area contributed by atoms with Crippen molar-refractivity contribution in [3.05, 3.63) is 59.1 Å². The highest BCUT2D eigenvalue weighted by Gasteiger charge is 2.28. The standard InChI is InChI=1S/C16H17ClN2/c17-13-6-7-16-15(10-13)12(8-9-18)11-19(16)14-4-2-1-3-5-14/h1-7,10,12H,8-9,11,18H2. The second-order valence-electron chi connectivity index (χ2n) is 4.92. The Bertz CT molecular complexity index is 568. The van der Waals surface area contributed by atoms with Gasteiger partial charge in [-0.25, -0.2) is 0 Å². The maximum absolute atomic E-state index is 6.13. The molecular formula is C16H17ClN2. The Labute approximate surface area is 118 Å². The minimum Gasteiger partial charge on any atom is -0.341 e.